The van der Waals surface area contributed by atoms with E-state index in [0.717, 1.165) is 13.1 Å². The number of rotatable bonds is 4. The van der Waals surface area contributed by atoms with Crippen molar-refractivity contribution in [3.05, 3.63) is 0 Å². The lowest BCUT2D eigenvalue weighted by atomic mass is 10.2. The molecule has 0 aromatic heterocycles. The fourth-order valence-corrected chi connectivity index (χ4v) is 1.72. The largest absolute Gasteiger partial charge is 0.358 e. The van der Waals surface area contributed by atoms with Crippen molar-refractivity contribution in [1.29, 1.82) is 0 Å². The van der Waals surface area contributed by atoms with Gasteiger partial charge in [-0.25, -0.2) is 0 Å². The van der Waals surface area contributed by atoms with Crippen molar-refractivity contribution in [1.82, 2.24) is 15.1 Å². The molecule has 1 fully saturated rings. The van der Waals surface area contributed by atoms with Crippen LogP contribution in [0.3, 0.4) is 0 Å². The summed E-state index contributed by atoms with van der Waals surface area (Å²) in [6.45, 7) is 3.70. The van der Waals surface area contributed by atoms with Crippen LogP contribution in [0.25, 0.3) is 0 Å². The van der Waals surface area contributed by atoms with Gasteiger partial charge in [0.1, 0.15) is 0 Å². The van der Waals surface area contributed by atoms with Crippen molar-refractivity contribution in [2.75, 3.05) is 46.3 Å². The molecule has 3 N–H and O–H groups in total. The van der Waals surface area contributed by atoms with E-state index in [1.54, 1.807) is 7.05 Å². The molecule has 0 radical (unpaired) electrons. The molecule has 0 unspecified atom stereocenters. The minimum Gasteiger partial charge on any atom is -0.358 e. The van der Waals surface area contributed by atoms with E-state index in [2.05, 4.69) is 5.32 Å². The third kappa shape index (κ3) is 3.79. The number of nitrogens with one attached hydrogen (secondary N) is 1. The van der Waals surface area contributed by atoms with Gasteiger partial charge in [-0.3, -0.25) is 14.5 Å². The Hall–Kier alpha value is -1.14. The van der Waals surface area contributed by atoms with Gasteiger partial charge in [0.15, 0.2) is 0 Å². The number of nitrogens with two attached hydrogens (primary N) is 1. The zero-order valence-electron chi connectivity index (χ0n) is 9.74. The summed E-state index contributed by atoms with van der Waals surface area (Å²) in [5.74, 6) is 0.129. The Labute approximate surface area is 95.8 Å². The third-order valence-corrected chi connectivity index (χ3v) is 2.73. The maximum atomic E-state index is 11.5. The van der Waals surface area contributed by atoms with Gasteiger partial charge in [-0.2, -0.15) is 0 Å². The Bertz CT molecular complexity index is 249. The number of hydrogen-bond donors (Lipinski definition) is 2. The molecule has 0 bridgehead atoms. The summed E-state index contributed by atoms with van der Waals surface area (Å²) in [6.07, 6.45) is 0.412. The molecule has 0 spiro atoms. The van der Waals surface area contributed by atoms with Crippen LogP contribution >= 0.6 is 0 Å². The van der Waals surface area contributed by atoms with Crippen molar-refractivity contribution in [2.45, 2.75) is 6.42 Å². The van der Waals surface area contributed by atoms with Crippen LogP contribution in [0.4, 0.5) is 0 Å². The molecule has 0 aliphatic carbocycles. The summed E-state index contributed by atoms with van der Waals surface area (Å²) in [4.78, 5) is 26.5. The minimum absolute atomic E-state index is 0.0155. The second kappa shape index (κ2) is 6.44. The number of piperazine rings is 1. The lowest BCUT2D eigenvalue weighted by Crippen LogP contribution is -2.51. The highest BCUT2D eigenvalue weighted by atomic mass is 16.2. The average Bonchev–Trinajstić information content (AvgIpc) is 2.30. The molecule has 1 rings (SSSR count). The van der Waals surface area contributed by atoms with Gasteiger partial charge in [-0.15, -0.1) is 0 Å². The van der Waals surface area contributed by atoms with E-state index in [0.29, 0.717) is 32.6 Å². The second-order valence-corrected chi connectivity index (χ2v) is 3.87. The first kappa shape index (κ1) is 12.9. The second-order valence-electron chi connectivity index (χ2n) is 3.87. The number of carbonyl (C=O) groups excluding carboxylic acids is 2. The van der Waals surface area contributed by atoms with E-state index in [-0.39, 0.29) is 11.8 Å². The predicted molar refractivity (Wildman–Crippen MR) is 60.8 cm³/mol. The SMILES string of the molecule is CNC(=O)CN1CCN(C(=O)CCN)CC1. The van der Waals surface area contributed by atoms with Crippen molar-refractivity contribution in [3.8, 4) is 0 Å². The highest BCUT2D eigenvalue weighted by Gasteiger charge is 2.21. The van der Waals surface area contributed by atoms with Crippen LogP contribution < -0.4 is 11.1 Å². The zero-order valence-corrected chi connectivity index (χ0v) is 9.74. The van der Waals surface area contributed by atoms with E-state index in [4.69, 9.17) is 5.73 Å². The van der Waals surface area contributed by atoms with Gasteiger partial charge in [-0.05, 0) is 0 Å². The van der Waals surface area contributed by atoms with Crippen LogP contribution in [0.1, 0.15) is 6.42 Å². The first-order chi connectivity index (χ1) is 7.67. The molecule has 16 heavy (non-hydrogen) atoms. The Kier molecular flexibility index (Phi) is 5.21. The Morgan fingerprint density at radius 2 is 1.88 bits per heavy atom. The van der Waals surface area contributed by atoms with Crippen molar-refractivity contribution < 1.29 is 9.59 Å². The molecule has 1 aliphatic heterocycles. The highest BCUT2D eigenvalue weighted by molar-refractivity contribution is 5.78. The normalized spacial score (nSPS) is 17.2. The quantitative estimate of drug-likeness (QED) is 0.596. The monoisotopic (exact) mass is 228 g/mol. The van der Waals surface area contributed by atoms with Gasteiger partial charge >= 0.3 is 0 Å². The van der Waals surface area contributed by atoms with Gasteiger partial charge in [-0.1, -0.05) is 0 Å². The zero-order chi connectivity index (χ0) is 12.0. The van der Waals surface area contributed by atoms with Crippen LogP contribution in [-0.4, -0.2) is 67.9 Å². The fraction of sp³-hybridized carbons (Fsp3) is 0.800. The first-order valence-corrected chi connectivity index (χ1v) is 5.58. The van der Waals surface area contributed by atoms with Gasteiger partial charge in [0.2, 0.25) is 11.8 Å². The van der Waals surface area contributed by atoms with E-state index >= 15 is 0 Å². The van der Waals surface area contributed by atoms with E-state index in [1.807, 2.05) is 9.80 Å². The van der Waals surface area contributed by atoms with Gasteiger partial charge in [0.25, 0.3) is 0 Å². The van der Waals surface area contributed by atoms with Crippen molar-refractivity contribution in [2.24, 2.45) is 5.73 Å². The van der Waals surface area contributed by atoms with E-state index < -0.39 is 0 Å². The Morgan fingerprint density at radius 1 is 1.25 bits per heavy atom. The standard InChI is InChI=1S/C10H20N4O2/c1-12-9(15)8-13-4-6-14(7-5-13)10(16)2-3-11/h2-8,11H2,1H3,(H,12,15). The highest BCUT2D eigenvalue weighted by Crippen LogP contribution is 2.02. The van der Waals surface area contributed by atoms with E-state index in [9.17, 15) is 9.59 Å². The van der Waals surface area contributed by atoms with Crippen LogP contribution in [0.15, 0.2) is 0 Å². The molecule has 1 aliphatic rings. The molecule has 1 heterocycles. The maximum absolute atomic E-state index is 11.5. The summed E-state index contributed by atoms with van der Waals surface area (Å²) in [7, 11) is 1.63. The first-order valence-electron chi connectivity index (χ1n) is 5.58. The van der Waals surface area contributed by atoms with Crippen LogP contribution in [-0.2, 0) is 9.59 Å². The molecule has 0 aromatic carbocycles. The molecule has 2 amide bonds. The number of amides is 2. The molecule has 6 heteroatoms. The van der Waals surface area contributed by atoms with Crippen LogP contribution in [0, 0.1) is 0 Å². The summed E-state index contributed by atoms with van der Waals surface area (Å²) in [5.41, 5.74) is 5.34. The molecule has 1 saturated heterocycles. The fourth-order valence-electron chi connectivity index (χ4n) is 1.72. The van der Waals surface area contributed by atoms with Gasteiger partial charge in [0.05, 0.1) is 6.54 Å². The van der Waals surface area contributed by atoms with E-state index in [1.165, 1.54) is 0 Å². The lowest BCUT2D eigenvalue weighted by molar-refractivity contribution is -0.133. The van der Waals surface area contributed by atoms with Crippen molar-refractivity contribution in [3.63, 3.8) is 0 Å². The van der Waals surface area contributed by atoms with Gasteiger partial charge < -0.3 is 16.0 Å². The summed E-state index contributed by atoms with van der Waals surface area (Å²) >= 11 is 0. The molecule has 6 nitrogen and oxygen atoms in total. The van der Waals surface area contributed by atoms with Crippen LogP contribution in [0.5, 0.6) is 0 Å². The number of hydrogen-bond acceptors (Lipinski definition) is 4. The molecule has 0 atom stereocenters. The van der Waals surface area contributed by atoms with Crippen molar-refractivity contribution >= 4 is 11.8 Å². The number of likely N-dealkylation sites (N-methyl/N-ethyl adjacent to an activating group) is 1. The minimum atomic E-state index is 0.0155. The Balaban J connectivity index is 2.28. The summed E-state index contributed by atoms with van der Waals surface area (Å²) in [6, 6.07) is 0. The smallest absolute Gasteiger partial charge is 0.233 e. The molecule has 92 valence electrons. The maximum Gasteiger partial charge on any atom is 0.233 e. The third-order valence-electron chi connectivity index (χ3n) is 2.73. The molecule has 0 saturated carbocycles. The molecular weight excluding hydrogens is 208 g/mol. The number of nitrogens with zero attached hydrogens (tertiary/aromatic N) is 2. The lowest BCUT2D eigenvalue weighted by Gasteiger charge is -2.34. The average molecular weight is 228 g/mol. The topological polar surface area (TPSA) is 78.7 Å². The predicted octanol–water partition coefficient (Wildman–Crippen LogP) is -1.77. The summed E-state index contributed by atoms with van der Waals surface area (Å²) in [5, 5.41) is 2.59. The summed E-state index contributed by atoms with van der Waals surface area (Å²) < 4.78 is 0. The van der Waals surface area contributed by atoms with Crippen LogP contribution in [0.2, 0.25) is 0 Å². The number of carbonyl (C=O) groups is 2. The Morgan fingerprint density at radius 3 is 2.38 bits per heavy atom. The molecule has 0 aromatic rings. The van der Waals surface area contributed by atoms with Gasteiger partial charge in [0, 0.05) is 46.2 Å². The molecular formula is C10H20N4O2.